The van der Waals surface area contributed by atoms with Crippen LogP contribution in [0.2, 0.25) is 0 Å². The fourth-order valence-electron chi connectivity index (χ4n) is 1.67. The van der Waals surface area contributed by atoms with Crippen molar-refractivity contribution in [1.82, 2.24) is 14.8 Å². The third kappa shape index (κ3) is 0.970. The van der Waals surface area contributed by atoms with E-state index in [1.54, 1.807) is 12.5 Å². The highest BCUT2D eigenvalue weighted by molar-refractivity contribution is 5.76. The van der Waals surface area contributed by atoms with Gasteiger partial charge in [-0.25, -0.2) is 0 Å². The van der Waals surface area contributed by atoms with Crippen molar-refractivity contribution in [3.05, 3.63) is 48.2 Å². The zero-order chi connectivity index (χ0) is 9.38. The van der Waals surface area contributed by atoms with Crippen molar-refractivity contribution in [2.24, 2.45) is 4.99 Å². The molecule has 0 N–H and O–H groups in total. The molecule has 1 aromatic heterocycles. The van der Waals surface area contributed by atoms with Gasteiger partial charge in [-0.1, -0.05) is 24.3 Å². The quantitative estimate of drug-likeness (QED) is 0.609. The molecular weight excluding hydrogens is 176 g/mol. The SMILES string of the molecule is C1=CC2=CN=Cc3nncn3C2C=C1. The first-order valence-electron chi connectivity index (χ1n) is 4.43. The molecular formula is C10H8N4. The summed E-state index contributed by atoms with van der Waals surface area (Å²) in [4.78, 5) is 4.17. The second kappa shape index (κ2) is 2.77. The smallest absolute Gasteiger partial charge is 0.175 e. The Kier molecular flexibility index (Phi) is 1.47. The lowest BCUT2D eigenvalue weighted by Gasteiger charge is -2.16. The van der Waals surface area contributed by atoms with Crippen LogP contribution in [0.5, 0.6) is 0 Å². The molecule has 0 bridgehead atoms. The molecule has 4 heteroatoms. The number of aliphatic imine (C=N–C) groups is 1. The molecule has 2 heterocycles. The molecule has 2 aliphatic rings. The molecule has 1 aliphatic carbocycles. The Morgan fingerprint density at radius 2 is 2.29 bits per heavy atom. The van der Waals surface area contributed by atoms with Crippen LogP contribution in [-0.4, -0.2) is 21.0 Å². The van der Waals surface area contributed by atoms with E-state index in [-0.39, 0.29) is 6.04 Å². The highest BCUT2D eigenvalue weighted by Gasteiger charge is 2.17. The average Bonchev–Trinajstić information content (AvgIpc) is 2.61. The van der Waals surface area contributed by atoms with Crippen LogP contribution in [0.4, 0.5) is 0 Å². The van der Waals surface area contributed by atoms with Gasteiger partial charge in [-0.05, 0) is 5.57 Å². The van der Waals surface area contributed by atoms with Crippen molar-refractivity contribution in [3.63, 3.8) is 0 Å². The van der Waals surface area contributed by atoms with Crippen LogP contribution in [0.3, 0.4) is 0 Å². The van der Waals surface area contributed by atoms with Crippen LogP contribution >= 0.6 is 0 Å². The molecule has 1 aliphatic heterocycles. The summed E-state index contributed by atoms with van der Waals surface area (Å²) in [5.74, 6) is 0.793. The Balaban J connectivity index is 2.20. The third-order valence-corrected chi connectivity index (χ3v) is 2.35. The highest BCUT2D eigenvalue weighted by Crippen LogP contribution is 2.25. The summed E-state index contributed by atoms with van der Waals surface area (Å²) in [5.41, 5.74) is 1.15. The normalized spacial score (nSPS) is 22.6. The summed E-state index contributed by atoms with van der Waals surface area (Å²) in [6, 6.07) is 0.187. The number of nitrogens with zero attached hydrogens (tertiary/aromatic N) is 4. The molecule has 4 nitrogen and oxygen atoms in total. The molecule has 0 spiro atoms. The van der Waals surface area contributed by atoms with Gasteiger partial charge in [0.15, 0.2) is 5.82 Å². The number of allylic oxidation sites excluding steroid dienone is 5. The summed E-state index contributed by atoms with van der Waals surface area (Å²) in [6.45, 7) is 0. The van der Waals surface area contributed by atoms with Gasteiger partial charge in [0, 0.05) is 6.20 Å². The van der Waals surface area contributed by atoms with Crippen molar-refractivity contribution in [2.45, 2.75) is 6.04 Å². The van der Waals surface area contributed by atoms with Crippen LogP contribution in [0.15, 0.2) is 47.4 Å². The topological polar surface area (TPSA) is 43.1 Å². The van der Waals surface area contributed by atoms with Crippen molar-refractivity contribution in [1.29, 1.82) is 0 Å². The first-order valence-corrected chi connectivity index (χ1v) is 4.43. The number of fused-ring (bicyclic) bond motifs is 3. The van der Waals surface area contributed by atoms with Crippen molar-refractivity contribution < 1.29 is 0 Å². The molecule has 1 unspecified atom stereocenters. The van der Waals surface area contributed by atoms with Crippen LogP contribution < -0.4 is 0 Å². The highest BCUT2D eigenvalue weighted by atomic mass is 15.3. The van der Waals surface area contributed by atoms with E-state index in [1.165, 1.54) is 0 Å². The number of rotatable bonds is 0. The predicted octanol–water partition coefficient (Wildman–Crippen LogP) is 1.26. The van der Waals surface area contributed by atoms with E-state index in [2.05, 4.69) is 27.3 Å². The van der Waals surface area contributed by atoms with Crippen molar-refractivity contribution in [2.75, 3.05) is 0 Å². The summed E-state index contributed by atoms with van der Waals surface area (Å²) >= 11 is 0. The Hall–Kier alpha value is -1.97. The number of hydrogen-bond acceptors (Lipinski definition) is 3. The van der Waals surface area contributed by atoms with E-state index in [1.807, 2.05) is 22.9 Å². The monoisotopic (exact) mass is 184 g/mol. The van der Waals surface area contributed by atoms with Crippen LogP contribution in [0.1, 0.15) is 11.9 Å². The van der Waals surface area contributed by atoms with E-state index in [9.17, 15) is 0 Å². The first-order chi connectivity index (χ1) is 6.95. The summed E-state index contributed by atoms with van der Waals surface area (Å²) < 4.78 is 2.00. The maximum Gasteiger partial charge on any atom is 0.175 e. The largest absolute Gasteiger partial charge is 0.302 e. The van der Waals surface area contributed by atoms with Gasteiger partial charge in [0.05, 0.1) is 12.3 Å². The molecule has 1 atom stereocenters. The number of hydrogen-bond donors (Lipinski definition) is 0. The van der Waals surface area contributed by atoms with Gasteiger partial charge in [0.1, 0.15) is 6.33 Å². The second-order valence-corrected chi connectivity index (χ2v) is 3.19. The lowest BCUT2D eigenvalue weighted by Crippen LogP contribution is -2.10. The molecule has 0 amide bonds. The molecule has 0 radical (unpaired) electrons. The number of aromatic nitrogens is 3. The van der Waals surface area contributed by atoms with E-state index in [4.69, 9.17) is 0 Å². The standard InChI is InChI=1S/C10H8N4/c1-2-4-9-8(3-1)5-11-6-10-13-12-7-14(9)10/h1-7,9H. The lowest BCUT2D eigenvalue weighted by molar-refractivity contribution is 0.689. The van der Waals surface area contributed by atoms with Gasteiger partial charge < -0.3 is 4.57 Å². The molecule has 3 rings (SSSR count). The van der Waals surface area contributed by atoms with E-state index in [0.717, 1.165) is 11.4 Å². The van der Waals surface area contributed by atoms with Gasteiger partial charge in [0.2, 0.25) is 0 Å². The third-order valence-electron chi connectivity index (χ3n) is 2.35. The molecule has 0 fully saturated rings. The fourth-order valence-corrected chi connectivity index (χ4v) is 1.67. The zero-order valence-corrected chi connectivity index (χ0v) is 7.41. The van der Waals surface area contributed by atoms with Gasteiger partial charge in [-0.2, -0.15) is 0 Å². The summed E-state index contributed by atoms with van der Waals surface area (Å²) in [7, 11) is 0. The fraction of sp³-hybridized carbons (Fsp3) is 0.100. The van der Waals surface area contributed by atoms with Crippen molar-refractivity contribution >= 4 is 6.21 Å². The van der Waals surface area contributed by atoms with Crippen LogP contribution in [0, 0.1) is 0 Å². The molecule has 0 saturated heterocycles. The minimum atomic E-state index is 0.187. The van der Waals surface area contributed by atoms with Gasteiger partial charge in [-0.15, -0.1) is 10.2 Å². The van der Waals surface area contributed by atoms with Crippen molar-refractivity contribution in [3.8, 4) is 0 Å². The van der Waals surface area contributed by atoms with Crippen LogP contribution in [0.25, 0.3) is 0 Å². The Labute approximate surface area is 81.0 Å². The average molecular weight is 184 g/mol. The molecule has 0 saturated carbocycles. The zero-order valence-electron chi connectivity index (χ0n) is 7.41. The van der Waals surface area contributed by atoms with E-state index >= 15 is 0 Å². The predicted molar refractivity (Wildman–Crippen MR) is 53.0 cm³/mol. The Morgan fingerprint density at radius 1 is 1.29 bits per heavy atom. The summed E-state index contributed by atoms with van der Waals surface area (Å²) in [5, 5.41) is 7.85. The first kappa shape index (κ1) is 7.44. The minimum absolute atomic E-state index is 0.187. The van der Waals surface area contributed by atoms with Gasteiger partial charge in [0.25, 0.3) is 0 Å². The maximum atomic E-state index is 4.17. The maximum absolute atomic E-state index is 4.17. The minimum Gasteiger partial charge on any atom is -0.302 e. The molecule has 1 aromatic rings. The van der Waals surface area contributed by atoms with E-state index in [0.29, 0.717) is 0 Å². The molecule has 14 heavy (non-hydrogen) atoms. The Morgan fingerprint density at radius 3 is 3.29 bits per heavy atom. The summed E-state index contributed by atoms with van der Waals surface area (Å²) in [6.07, 6.45) is 13.5. The second-order valence-electron chi connectivity index (χ2n) is 3.19. The van der Waals surface area contributed by atoms with Gasteiger partial charge in [-0.3, -0.25) is 4.99 Å². The molecule has 0 aromatic carbocycles. The van der Waals surface area contributed by atoms with Gasteiger partial charge >= 0.3 is 0 Å². The molecule has 68 valence electrons. The Bertz CT molecular complexity index is 476. The lowest BCUT2D eigenvalue weighted by atomic mass is 10.0. The van der Waals surface area contributed by atoms with Crippen LogP contribution in [-0.2, 0) is 0 Å². The van der Waals surface area contributed by atoms with E-state index < -0.39 is 0 Å².